The van der Waals surface area contributed by atoms with Crippen LogP contribution in [0.2, 0.25) is 0 Å². The lowest BCUT2D eigenvalue weighted by atomic mass is 10.1. The van der Waals surface area contributed by atoms with Gasteiger partial charge in [0.05, 0.1) is 17.3 Å². The highest BCUT2D eigenvalue weighted by atomic mass is 32.1. The van der Waals surface area contributed by atoms with E-state index < -0.39 is 11.7 Å². The van der Waals surface area contributed by atoms with E-state index in [1.54, 1.807) is 11.3 Å². The lowest BCUT2D eigenvalue weighted by Gasteiger charge is -2.17. The summed E-state index contributed by atoms with van der Waals surface area (Å²) in [7, 11) is 0. The van der Waals surface area contributed by atoms with Gasteiger partial charge in [-0.25, -0.2) is 0 Å². The number of aromatic nitrogens is 1. The highest BCUT2D eigenvalue weighted by Crippen LogP contribution is 2.30. The van der Waals surface area contributed by atoms with Crippen LogP contribution in [-0.2, 0) is 6.18 Å². The summed E-state index contributed by atoms with van der Waals surface area (Å²) >= 11 is 1.62. The average molecular weight is 314 g/mol. The van der Waals surface area contributed by atoms with Gasteiger partial charge < -0.3 is 5.32 Å². The molecule has 0 spiro atoms. The predicted molar refractivity (Wildman–Crippen MR) is 78.4 cm³/mol. The molecule has 2 rings (SSSR count). The molecule has 1 unspecified atom stereocenters. The van der Waals surface area contributed by atoms with Crippen molar-refractivity contribution in [2.75, 3.05) is 6.54 Å². The summed E-state index contributed by atoms with van der Waals surface area (Å²) in [5, 5.41) is 5.35. The SMILES string of the molecule is CCCNC(c1csc(C)c1)c1ccc(C(F)(F)F)cn1. The van der Waals surface area contributed by atoms with E-state index in [2.05, 4.69) is 10.3 Å². The third-order valence-corrected chi connectivity index (χ3v) is 3.97. The summed E-state index contributed by atoms with van der Waals surface area (Å²) in [6, 6.07) is 4.40. The first kappa shape index (κ1) is 16.0. The van der Waals surface area contributed by atoms with E-state index >= 15 is 0 Å². The van der Waals surface area contributed by atoms with Crippen molar-refractivity contribution in [2.45, 2.75) is 32.5 Å². The fourth-order valence-corrected chi connectivity index (χ4v) is 2.77. The number of alkyl halides is 3. The van der Waals surface area contributed by atoms with Gasteiger partial charge in [-0.1, -0.05) is 6.92 Å². The molecule has 0 aromatic carbocycles. The van der Waals surface area contributed by atoms with E-state index in [1.165, 1.54) is 10.9 Å². The summed E-state index contributed by atoms with van der Waals surface area (Å²) in [4.78, 5) is 5.17. The van der Waals surface area contributed by atoms with Crippen LogP contribution >= 0.6 is 11.3 Å². The molecule has 2 aromatic rings. The van der Waals surface area contributed by atoms with Crippen molar-refractivity contribution in [3.63, 3.8) is 0 Å². The number of nitrogens with one attached hydrogen (secondary N) is 1. The Morgan fingerprint density at radius 1 is 1.33 bits per heavy atom. The zero-order valence-electron chi connectivity index (χ0n) is 11.9. The topological polar surface area (TPSA) is 24.9 Å². The quantitative estimate of drug-likeness (QED) is 0.875. The molecular weight excluding hydrogens is 297 g/mol. The number of aryl methyl sites for hydroxylation is 1. The molecule has 0 bridgehead atoms. The van der Waals surface area contributed by atoms with Gasteiger partial charge in [0.1, 0.15) is 0 Å². The van der Waals surface area contributed by atoms with Gasteiger partial charge in [-0.3, -0.25) is 4.98 Å². The second-order valence-electron chi connectivity index (χ2n) is 4.85. The van der Waals surface area contributed by atoms with E-state index in [-0.39, 0.29) is 6.04 Å². The van der Waals surface area contributed by atoms with Gasteiger partial charge in [0.15, 0.2) is 0 Å². The number of thiophene rings is 1. The number of hydrogen-bond acceptors (Lipinski definition) is 3. The van der Waals surface area contributed by atoms with Crippen molar-refractivity contribution in [1.29, 1.82) is 0 Å². The van der Waals surface area contributed by atoms with Gasteiger partial charge >= 0.3 is 6.18 Å². The maximum atomic E-state index is 12.6. The molecule has 114 valence electrons. The lowest BCUT2D eigenvalue weighted by molar-refractivity contribution is -0.137. The maximum absolute atomic E-state index is 12.6. The van der Waals surface area contributed by atoms with Crippen LogP contribution in [0.3, 0.4) is 0 Å². The molecule has 2 nitrogen and oxygen atoms in total. The Hall–Kier alpha value is -1.40. The second-order valence-corrected chi connectivity index (χ2v) is 5.96. The normalized spacial score (nSPS) is 13.4. The second kappa shape index (κ2) is 6.58. The number of halogens is 3. The predicted octanol–water partition coefficient (Wildman–Crippen LogP) is 4.56. The molecule has 0 saturated heterocycles. The first-order valence-electron chi connectivity index (χ1n) is 6.73. The van der Waals surface area contributed by atoms with Crippen LogP contribution in [0.15, 0.2) is 29.8 Å². The molecule has 2 aromatic heterocycles. The minimum absolute atomic E-state index is 0.169. The van der Waals surface area contributed by atoms with E-state index in [0.717, 1.165) is 30.8 Å². The highest BCUT2D eigenvalue weighted by Gasteiger charge is 2.31. The summed E-state index contributed by atoms with van der Waals surface area (Å²) in [6.45, 7) is 4.83. The number of hydrogen-bond donors (Lipinski definition) is 1. The van der Waals surface area contributed by atoms with E-state index in [4.69, 9.17) is 0 Å². The van der Waals surface area contributed by atoms with Crippen LogP contribution < -0.4 is 5.32 Å². The molecule has 0 radical (unpaired) electrons. The summed E-state index contributed by atoms with van der Waals surface area (Å²) < 4.78 is 37.8. The Balaban J connectivity index is 2.28. The maximum Gasteiger partial charge on any atom is 0.417 e. The average Bonchev–Trinajstić information content (AvgIpc) is 2.85. The van der Waals surface area contributed by atoms with Crippen LogP contribution in [0.4, 0.5) is 13.2 Å². The molecule has 0 aliphatic heterocycles. The summed E-state index contributed by atoms with van der Waals surface area (Å²) in [6.07, 6.45) is -2.51. The lowest BCUT2D eigenvalue weighted by Crippen LogP contribution is -2.24. The third-order valence-electron chi connectivity index (χ3n) is 3.09. The van der Waals surface area contributed by atoms with Gasteiger partial charge in [-0.2, -0.15) is 13.2 Å². The Morgan fingerprint density at radius 2 is 2.10 bits per heavy atom. The first-order chi connectivity index (χ1) is 9.91. The molecule has 0 fully saturated rings. The van der Waals surface area contributed by atoms with E-state index in [0.29, 0.717) is 5.69 Å². The standard InChI is InChI=1S/C15H17F3N2S/c1-3-6-19-14(11-7-10(2)21-9-11)13-5-4-12(8-20-13)15(16,17)18/h4-5,7-9,14,19H,3,6H2,1-2H3. The van der Waals surface area contributed by atoms with Gasteiger partial charge in [0.25, 0.3) is 0 Å². The van der Waals surface area contributed by atoms with Crippen LogP contribution in [0.5, 0.6) is 0 Å². The van der Waals surface area contributed by atoms with Gasteiger partial charge in [0.2, 0.25) is 0 Å². The van der Waals surface area contributed by atoms with Crippen molar-refractivity contribution >= 4 is 11.3 Å². The minimum atomic E-state index is -4.35. The Bertz CT molecular complexity index is 575. The van der Waals surface area contributed by atoms with Crippen LogP contribution in [0, 0.1) is 6.92 Å². The zero-order chi connectivity index (χ0) is 15.5. The highest BCUT2D eigenvalue weighted by molar-refractivity contribution is 7.10. The molecule has 0 aliphatic carbocycles. The van der Waals surface area contributed by atoms with Gasteiger partial charge in [0, 0.05) is 11.1 Å². The van der Waals surface area contributed by atoms with E-state index in [1.807, 2.05) is 25.3 Å². The van der Waals surface area contributed by atoms with Crippen molar-refractivity contribution in [3.05, 3.63) is 51.5 Å². The first-order valence-corrected chi connectivity index (χ1v) is 7.61. The van der Waals surface area contributed by atoms with Crippen molar-refractivity contribution in [1.82, 2.24) is 10.3 Å². The molecule has 2 heterocycles. The molecule has 0 amide bonds. The third kappa shape index (κ3) is 4.04. The summed E-state index contributed by atoms with van der Waals surface area (Å²) in [5.74, 6) is 0. The molecule has 6 heteroatoms. The summed E-state index contributed by atoms with van der Waals surface area (Å²) in [5.41, 5.74) is 0.925. The minimum Gasteiger partial charge on any atom is -0.305 e. The van der Waals surface area contributed by atoms with Crippen LogP contribution in [0.1, 0.15) is 41.1 Å². The van der Waals surface area contributed by atoms with Crippen LogP contribution in [0.25, 0.3) is 0 Å². The number of rotatable bonds is 5. The zero-order valence-corrected chi connectivity index (χ0v) is 12.7. The van der Waals surface area contributed by atoms with Gasteiger partial charge in [-0.05, 0) is 49.0 Å². The van der Waals surface area contributed by atoms with Crippen molar-refractivity contribution in [2.24, 2.45) is 0 Å². The monoisotopic (exact) mass is 314 g/mol. The van der Waals surface area contributed by atoms with Gasteiger partial charge in [-0.15, -0.1) is 11.3 Å². The molecule has 21 heavy (non-hydrogen) atoms. The fraction of sp³-hybridized carbons (Fsp3) is 0.400. The molecule has 1 atom stereocenters. The Morgan fingerprint density at radius 3 is 2.57 bits per heavy atom. The largest absolute Gasteiger partial charge is 0.417 e. The number of nitrogens with zero attached hydrogens (tertiary/aromatic N) is 1. The fourth-order valence-electron chi connectivity index (χ4n) is 2.04. The Labute approximate surface area is 126 Å². The van der Waals surface area contributed by atoms with E-state index in [9.17, 15) is 13.2 Å². The van der Waals surface area contributed by atoms with Crippen LogP contribution in [-0.4, -0.2) is 11.5 Å². The molecule has 1 N–H and O–H groups in total. The molecule has 0 saturated carbocycles. The smallest absolute Gasteiger partial charge is 0.305 e. The Kier molecular flexibility index (Phi) is 5.00. The molecular formula is C15H17F3N2S. The van der Waals surface area contributed by atoms with Crippen molar-refractivity contribution < 1.29 is 13.2 Å². The van der Waals surface area contributed by atoms with Crippen molar-refractivity contribution in [3.8, 4) is 0 Å². The number of pyridine rings is 1. The molecule has 0 aliphatic rings.